The molecule has 2 aromatic rings. The second-order valence-electron chi connectivity index (χ2n) is 4.94. The van der Waals surface area contributed by atoms with Crippen molar-refractivity contribution in [1.29, 1.82) is 0 Å². The zero-order valence-electron chi connectivity index (χ0n) is 10.6. The molecule has 0 aromatic carbocycles. The highest BCUT2D eigenvalue weighted by Crippen LogP contribution is 2.38. The van der Waals surface area contributed by atoms with Crippen LogP contribution in [0, 0.1) is 0 Å². The average molecular weight is 318 g/mol. The number of rotatable bonds is 2. The van der Waals surface area contributed by atoms with Crippen molar-refractivity contribution in [2.45, 2.75) is 31.2 Å². The molecule has 1 aliphatic carbocycles. The summed E-state index contributed by atoms with van der Waals surface area (Å²) >= 11 is 3.54. The zero-order chi connectivity index (χ0) is 13.2. The molecule has 1 aliphatic rings. The minimum Gasteiger partial charge on any atom is -0.322 e. The molecule has 2 N–H and O–H groups in total. The van der Waals surface area contributed by atoms with Gasteiger partial charge in [-0.25, -0.2) is 0 Å². The summed E-state index contributed by atoms with van der Waals surface area (Å²) in [6.07, 6.45) is 7.00. The Balaban J connectivity index is 1.98. The molecule has 0 fully saturated rings. The van der Waals surface area contributed by atoms with Gasteiger partial charge in [-0.05, 0) is 59.0 Å². The molecule has 3 nitrogen and oxygen atoms in total. The van der Waals surface area contributed by atoms with Gasteiger partial charge in [0.25, 0.3) is 0 Å². The van der Waals surface area contributed by atoms with Gasteiger partial charge in [-0.15, -0.1) is 0 Å². The molecule has 19 heavy (non-hydrogen) atoms. The van der Waals surface area contributed by atoms with E-state index in [4.69, 9.17) is 5.73 Å². The van der Waals surface area contributed by atoms with E-state index < -0.39 is 0 Å². The molecule has 0 amide bonds. The molecule has 0 saturated heterocycles. The Hall–Kier alpha value is -1.26. The first kappa shape index (κ1) is 12.8. The quantitative estimate of drug-likeness (QED) is 0.924. The van der Waals surface area contributed by atoms with Crippen LogP contribution in [0.15, 0.2) is 41.1 Å². The minimum atomic E-state index is -0.107. The first-order chi connectivity index (χ1) is 9.27. The van der Waals surface area contributed by atoms with Gasteiger partial charge in [0.1, 0.15) is 0 Å². The Morgan fingerprint density at radius 1 is 1.21 bits per heavy atom. The molecule has 98 valence electrons. The molecule has 4 heteroatoms. The highest BCUT2D eigenvalue weighted by molar-refractivity contribution is 9.10. The maximum atomic E-state index is 6.45. The minimum absolute atomic E-state index is 0.107. The molecule has 2 unspecified atom stereocenters. The van der Waals surface area contributed by atoms with Gasteiger partial charge in [0.2, 0.25) is 0 Å². The first-order valence-electron chi connectivity index (χ1n) is 6.57. The third kappa shape index (κ3) is 2.42. The maximum Gasteiger partial charge on any atom is 0.0719 e. The van der Waals surface area contributed by atoms with Crippen LogP contribution in [0.3, 0.4) is 0 Å². The van der Waals surface area contributed by atoms with E-state index in [1.54, 1.807) is 6.20 Å². The van der Waals surface area contributed by atoms with Crippen LogP contribution in [0.4, 0.5) is 0 Å². The van der Waals surface area contributed by atoms with Gasteiger partial charge < -0.3 is 5.73 Å². The van der Waals surface area contributed by atoms with Crippen molar-refractivity contribution >= 4 is 15.9 Å². The second-order valence-corrected chi connectivity index (χ2v) is 5.80. The smallest absolute Gasteiger partial charge is 0.0719 e. The SMILES string of the molecule is NC(c1ncccc1Br)C1CCCc2cccnc21. The molecule has 0 radical (unpaired) electrons. The summed E-state index contributed by atoms with van der Waals surface area (Å²) in [4.78, 5) is 8.98. The largest absolute Gasteiger partial charge is 0.322 e. The van der Waals surface area contributed by atoms with Gasteiger partial charge in [-0.3, -0.25) is 9.97 Å². The van der Waals surface area contributed by atoms with Gasteiger partial charge in [-0.2, -0.15) is 0 Å². The molecule has 2 atom stereocenters. The van der Waals surface area contributed by atoms with E-state index in [9.17, 15) is 0 Å². The van der Waals surface area contributed by atoms with E-state index in [1.165, 1.54) is 12.0 Å². The van der Waals surface area contributed by atoms with Crippen molar-refractivity contribution < 1.29 is 0 Å². The number of hydrogen-bond acceptors (Lipinski definition) is 3. The van der Waals surface area contributed by atoms with E-state index >= 15 is 0 Å². The molecule has 0 aliphatic heterocycles. The van der Waals surface area contributed by atoms with Crippen molar-refractivity contribution in [3.05, 3.63) is 58.1 Å². The molecule has 0 saturated carbocycles. The van der Waals surface area contributed by atoms with Gasteiger partial charge >= 0.3 is 0 Å². The number of hydrogen-bond donors (Lipinski definition) is 1. The Labute approximate surface area is 121 Å². The summed E-state index contributed by atoms with van der Waals surface area (Å²) < 4.78 is 0.977. The lowest BCUT2D eigenvalue weighted by molar-refractivity contribution is 0.455. The lowest BCUT2D eigenvalue weighted by atomic mass is 9.81. The van der Waals surface area contributed by atoms with Crippen LogP contribution in [-0.4, -0.2) is 9.97 Å². The van der Waals surface area contributed by atoms with Crippen LogP contribution < -0.4 is 5.73 Å². The molecule has 0 bridgehead atoms. The number of fused-ring (bicyclic) bond motifs is 1. The number of nitrogens with two attached hydrogens (primary N) is 1. The van der Waals surface area contributed by atoms with Crippen LogP contribution >= 0.6 is 15.9 Å². The van der Waals surface area contributed by atoms with E-state index in [0.29, 0.717) is 0 Å². The van der Waals surface area contributed by atoms with E-state index in [1.807, 2.05) is 24.4 Å². The molecule has 2 heterocycles. The fourth-order valence-electron chi connectivity index (χ4n) is 2.83. The molecule has 3 rings (SSSR count). The molecular formula is C15H16BrN3. The monoisotopic (exact) mass is 317 g/mol. The normalized spacial score (nSPS) is 19.8. The highest BCUT2D eigenvalue weighted by atomic mass is 79.9. The topological polar surface area (TPSA) is 51.8 Å². The highest BCUT2D eigenvalue weighted by Gasteiger charge is 2.29. The summed E-state index contributed by atoms with van der Waals surface area (Å²) in [5.74, 6) is 0.260. The van der Waals surface area contributed by atoms with Crippen LogP contribution in [0.5, 0.6) is 0 Å². The van der Waals surface area contributed by atoms with Crippen molar-refractivity contribution in [3.8, 4) is 0 Å². The van der Waals surface area contributed by atoms with Crippen LogP contribution in [0.1, 0.15) is 41.8 Å². The van der Waals surface area contributed by atoms with Crippen molar-refractivity contribution in [2.24, 2.45) is 5.73 Å². The lowest BCUT2D eigenvalue weighted by Gasteiger charge is -2.29. The summed E-state index contributed by atoms with van der Waals surface area (Å²) in [7, 11) is 0. The van der Waals surface area contributed by atoms with Gasteiger partial charge in [0.05, 0.1) is 11.7 Å². The Bertz CT molecular complexity index is 585. The van der Waals surface area contributed by atoms with Crippen molar-refractivity contribution in [3.63, 3.8) is 0 Å². The summed E-state index contributed by atoms with van der Waals surface area (Å²) in [6, 6.07) is 7.96. The van der Waals surface area contributed by atoms with Gasteiger partial charge in [-0.1, -0.05) is 6.07 Å². The number of aryl methyl sites for hydroxylation is 1. The molecular weight excluding hydrogens is 302 g/mol. The Morgan fingerprint density at radius 2 is 2.00 bits per heavy atom. The standard InChI is InChI=1S/C15H16BrN3/c16-12-7-3-9-19-15(12)13(17)11-6-1-4-10-5-2-8-18-14(10)11/h2-3,5,7-9,11,13H,1,4,6,17H2. The maximum absolute atomic E-state index is 6.45. The fraction of sp³-hybridized carbons (Fsp3) is 0.333. The number of nitrogens with zero attached hydrogens (tertiary/aromatic N) is 2. The predicted molar refractivity (Wildman–Crippen MR) is 78.8 cm³/mol. The van der Waals surface area contributed by atoms with E-state index in [0.717, 1.165) is 28.7 Å². The summed E-state index contributed by atoms with van der Waals surface area (Å²) in [6.45, 7) is 0. The van der Waals surface area contributed by atoms with E-state index in [-0.39, 0.29) is 12.0 Å². The van der Waals surface area contributed by atoms with Crippen molar-refractivity contribution in [1.82, 2.24) is 9.97 Å². The third-order valence-electron chi connectivity index (χ3n) is 3.77. The van der Waals surface area contributed by atoms with Crippen LogP contribution in [0.2, 0.25) is 0 Å². The predicted octanol–water partition coefficient (Wildman–Crippen LogP) is 3.36. The van der Waals surface area contributed by atoms with Crippen LogP contribution in [-0.2, 0) is 6.42 Å². The molecule has 2 aromatic heterocycles. The van der Waals surface area contributed by atoms with Crippen LogP contribution in [0.25, 0.3) is 0 Å². The van der Waals surface area contributed by atoms with E-state index in [2.05, 4.69) is 32.0 Å². The average Bonchev–Trinajstić information content (AvgIpc) is 2.46. The fourth-order valence-corrected chi connectivity index (χ4v) is 3.35. The van der Waals surface area contributed by atoms with Gasteiger partial charge in [0, 0.05) is 28.5 Å². The lowest BCUT2D eigenvalue weighted by Crippen LogP contribution is -2.25. The number of aromatic nitrogens is 2. The second kappa shape index (κ2) is 5.39. The zero-order valence-corrected chi connectivity index (χ0v) is 12.2. The Morgan fingerprint density at radius 3 is 2.84 bits per heavy atom. The Kier molecular flexibility index (Phi) is 3.62. The number of halogens is 1. The van der Waals surface area contributed by atoms with Gasteiger partial charge in [0.15, 0.2) is 0 Å². The third-order valence-corrected chi connectivity index (χ3v) is 4.45. The number of pyridine rings is 2. The molecule has 0 spiro atoms. The first-order valence-corrected chi connectivity index (χ1v) is 7.36. The summed E-state index contributed by atoms with van der Waals surface area (Å²) in [5.41, 5.74) is 9.86. The van der Waals surface area contributed by atoms with Crippen molar-refractivity contribution in [2.75, 3.05) is 0 Å². The summed E-state index contributed by atoms with van der Waals surface area (Å²) in [5, 5.41) is 0.